The second-order valence-electron chi connectivity index (χ2n) is 5.40. The number of ether oxygens (including phenoxy) is 1. The molecule has 0 aliphatic carbocycles. The zero-order valence-corrected chi connectivity index (χ0v) is 12.5. The van der Waals surface area contributed by atoms with Gasteiger partial charge in [-0.15, -0.1) is 0 Å². The van der Waals surface area contributed by atoms with Gasteiger partial charge in [0.1, 0.15) is 11.5 Å². The summed E-state index contributed by atoms with van der Waals surface area (Å²) < 4.78 is 5.89. The fourth-order valence-electron chi connectivity index (χ4n) is 2.03. The number of carbonyl (C=O) groups is 1. The van der Waals surface area contributed by atoms with Crippen LogP contribution in [0.3, 0.4) is 0 Å². The molecule has 1 amide bonds. The van der Waals surface area contributed by atoms with Crippen LogP contribution in [0.15, 0.2) is 36.4 Å². The number of nitrogens with two attached hydrogens (primary N) is 2. The Hall–Kier alpha value is -2.49. The van der Waals surface area contributed by atoms with Crippen LogP contribution in [0, 0.1) is 6.92 Å². The zero-order valence-electron chi connectivity index (χ0n) is 12.5. The van der Waals surface area contributed by atoms with E-state index in [-0.39, 0.29) is 5.56 Å². The van der Waals surface area contributed by atoms with Gasteiger partial charge in [0.2, 0.25) is 0 Å². The van der Waals surface area contributed by atoms with E-state index in [1.54, 1.807) is 12.1 Å². The number of anilines is 1. The summed E-state index contributed by atoms with van der Waals surface area (Å²) in [5.41, 5.74) is 14.0. The summed E-state index contributed by atoms with van der Waals surface area (Å²) in [6, 6.07) is 10.9. The smallest absolute Gasteiger partial charge is 0.252 e. The van der Waals surface area contributed by atoms with Crippen molar-refractivity contribution in [3.05, 3.63) is 53.1 Å². The van der Waals surface area contributed by atoms with E-state index in [1.165, 1.54) is 11.6 Å². The first-order chi connectivity index (χ1) is 9.88. The first-order valence-electron chi connectivity index (χ1n) is 6.86. The van der Waals surface area contributed by atoms with Gasteiger partial charge in [-0.25, -0.2) is 0 Å². The highest BCUT2D eigenvalue weighted by Crippen LogP contribution is 2.31. The van der Waals surface area contributed by atoms with Crippen molar-refractivity contribution in [2.24, 2.45) is 5.73 Å². The average Bonchev–Trinajstić information content (AvgIpc) is 2.42. The fraction of sp³-hybridized carbons (Fsp3) is 0.235. The molecule has 0 aliphatic rings. The Bertz CT molecular complexity index is 678. The van der Waals surface area contributed by atoms with E-state index in [4.69, 9.17) is 16.2 Å². The summed E-state index contributed by atoms with van der Waals surface area (Å²) in [4.78, 5) is 11.5. The minimum absolute atomic E-state index is 0.282. The van der Waals surface area contributed by atoms with E-state index < -0.39 is 5.91 Å². The number of carbonyl (C=O) groups excluding carboxylic acids is 1. The van der Waals surface area contributed by atoms with Crippen LogP contribution in [0.2, 0.25) is 0 Å². The Balaban J connectivity index is 2.43. The minimum atomic E-state index is -0.560. The molecule has 0 aromatic heterocycles. The third kappa shape index (κ3) is 3.34. The largest absolute Gasteiger partial charge is 0.456 e. The van der Waals surface area contributed by atoms with Crippen molar-refractivity contribution in [2.75, 3.05) is 5.73 Å². The molecular weight excluding hydrogens is 264 g/mol. The standard InChI is InChI=1S/C17H20N2O2/c1-10(2)12-5-4-11(3)16(8-12)21-15-7-6-13(18)9-14(15)17(19)20/h4-10H,18H2,1-3H3,(H2,19,20). The van der Waals surface area contributed by atoms with Crippen molar-refractivity contribution in [2.45, 2.75) is 26.7 Å². The molecule has 4 heteroatoms. The summed E-state index contributed by atoms with van der Waals surface area (Å²) >= 11 is 0. The molecule has 0 fully saturated rings. The summed E-state index contributed by atoms with van der Waals surface area (Å²) in [5, 5.41) is 0. The highest BCUT2D eigenvalue weighted by molar-refractivity contribution is 5.96. The summed E-state index contributed by atoms with van der Waals surface area (Å²) in [5.74, 6) is 0.971. The van der Waals surface area contributed by atoms with Crippen LogP contribution in [0.25, 0.3) is 0 Å². The number of nitrogen functional groups attached to an aromatic ring is 1. The molecule has 0 bridgehead atoms. The van der Waals surface area contributed by atoms with Gasteiger partial charge in [0.15, 0.2) is 0 Å². The highest BCUT2D eigenvalue weighted by Gasteiger charge is 2.13. The van der Waals surface area contributed by atoms with E-state index in [2.05, 4.69) is 19.9 Å². The van der Waals surface area contributed by atoms with Gasteiger partial charge in [-0.05, 0) is 48.2 Å². The lowest BCUT2D eigenvalue weighted by atomic mass is 10.0. The second-order valence-corrected chi connectivity index (χ2v) is 5.40. The molecule has 2 aromatic carbocycles. The number of benzene rings is 2. The van der Waals surface area contributed by atoms with Crippen LogP contribution in [-0.4, -0.2) is 5.91 Å². The lowest BCUT2D eigenvalue weighted by Gasteiger charge is -2.14. The number of aryl methyl sites for hydroxylation is 1. The highest BCUT2D eigenvalue weighted by atomic mass is 16.5. The van der Waals surface area contributed by atoms with Gasteiger partial charge >= 0.3 is 0 Å². The number of primary amides is 1. The summed E-state index contributed by atoms with van der Waals surface area (Å²) in [6.07, 6.45) is 0. The predicted octanol–water partition coefficient (Wildman–Crippen LogP) is 3.59. The van der Waals surface area contributed by atoms with E-state index in [0.29, 0.717) is 23.1 Å². The SMILES string of the molecule is Cc1ccc(C(C)C)cc1Oc1ccc(N)cc1C(N)=O. The molecule has 4 nitrogen and oxygen atoms in total. The van der Waals surface area contributed by atoms with Crippen molar-refractivity contribution < 1.29 is 9.53 Å². The zero-order chi connectivity index (χ0) is 15.6. The van der Waals surface area contributed by atoms with Crippen molar-refractivity contribution in [1.82, 2.24) is 0 Å². The molecule has 0 aliphatic heterocycles. The van der Waals surface area contributed by atoms with Gasteiger partial charge in [0, 0.05) is 5.69 Å². The number of hydrogen-bond donors (Lipinski definition) is 2. The molecule has 0 saturated heterocycles. The normalized spacial score (nSPS) is 10.7. The van der Waals surface area contributed by atoms with Gasteiger partial charge in [-0.2, -0.15) is 0 Å². The lowest BCUT2D eigenvalue weighted by molar-refractivity contribution is 0.0998. The van der Waals surface area contributed by atoms with E-state index in [9.17, 15) is 4.79 Å². The topological polar surface area (TPSA) is 78.3 Å². The molecule has 4 N–H and O–H groups in total. The molecule has 21 heavy (non-hydrogen) atoms. The van der Waals surface area contributed by atoms with Crippen molar-refractivity contribution >= 4 is 11.6 Å². The van der Waals surface area contributed by atoms with Crippen LogP contribution in [0.5, 0.6) is 11.5 Å². The Morgan fingerprint density at radius 1 is 1.10 bits per heavy atom. The van der Waals surface area contributed by atoms with Crippen molar-refractivity contribution in [3.8, 4) is 11.5 Å². The van der Waals surface area contributed by atoms with Gasteiger partial charge in [-0.1, -0.05) is 26.0 Å². The summed E-state index contributed by atoms with van der Waals surface area (Å²) in [6.45, 7) is 6.19. The molecular formula is C17H20N2O2. The molecule has 0 heterocycles. The van der Waals surface area contributed by atoms with Gasteiger partial charge in [-0.3, -0.25) is 4.79 Å². The van der Waals surface area contributed by atoms with Crippen LogP contribution < -0.4 is 16.2 Å². The van der Waals surface area contributed by atoms with E-state index >= 15 is 0 Å². The van der Waals surface area contributed by atoms with E-state index in [0.717, 1.165) is 5.56 Å². The van der Waals surface area contributed by atoms with Gasteiger partial charge in [0.05, 0.1) is 5.56 Å². The Morgan fingerprint density at radius 2 is 1.81 bits per heavy atom. The molecule has 2 aromatic rings. The maximum atomic E-state index is 11.5. The fourth-order valence-corrected chi connectivity index (χ4v) is 2.03. The number of rotatable bonds is 4. The molecule has 0 spiro atoms. The second kappa shape index (κ2) is 5.87. The molecule has 0 saturated carbocycles. The van der Waals surface area contributed by atoms with Crippen molar-refractivity contribution in [1.29, 1.82) is 0 Å². The third-order valence-corrected chi connectivity index (χ3v) is 3.37. The quantitative estimate of drug-likeness (QED) is 0.842. The van der Waals surface area contributed by atoms with Gasteiger partial charge in [0.25, 0.3) is 5.91 Å². The third-order valence-electron chi connectivity index (χ3n) is 3.37. The Labute approximate surface area is 124 Å². The summed E-state index contributed by atoms with van der Waals surface area (Å²) in [7, 11) is 0. The monoisotopic (exact) mass is 284 g/mol. The van der Waals surface area contributed by atoms with Crippen LogP contribution in [-0.2, 0) is 0 Å². The predicted molar refractivity (Wildman–Crippen MR) is 84.7 cm³/mol. The van der Waals surface area contributed by atoms with Gasteiger partial charge < -0.3 is 16.2 Å². The molecule has 0 unspecified atom stereocenters. The van der Waals surface area contributed by atoms with Crippen molar-refractivity contribution in [3.63, 3.8) is 0 Å². The minimum Gasteiger partial charge on any atom is -0.456 e. The van der Waals surface area contributed by atoms with Crippen LogP contribution in [0.1, 0.15) is 41.3 Å². The molecule has 0 radical (unpaired) electrons. The molecule has 110 valence electrons. The Morgan fingerprint density at radius 3 is 2.43 bits per heavy atom. The maximum Gasteiger partial charge on any atom is 0.252 e. The number of hydrogen-bond acceptors (Lipinski definition) is 3. The lowest BCUT2D eigenvalue weighted by Crippen LogP contribution is -2.12. The number of amides is 1. The van der Waals surface area contributed by atoms with E-state index in [1.807, 2.05) is 19.1 Å². The molecule has 2 rings (SSSR count). The van der Waals surface area contributed by atoms with Crippen LogP contribution in [0.4, 0.5) is 5.69 Å². The molecule has 0 atom stereocenters. The van der Waals surface area contributed by atoms with Crippen LogP contribution >= 0.6 is 0 Å². The first kappa shape index (κ1) is 14.9. The first-order valence-corrected chi connectivity index (χ1v) is 6.86. The maximum absolute atomic E-state index is 11.5. The Kier molecular flexibility index (Phi) is 4.17. The average molecular weight is 284 g/mol.